The highest BCUT2D eigenvalue weighted by Gasteiger charge is 2.20. The molecule has 0 saturated heterocycles. The third-order valence-electron chi connectivity index (χ3n) is 4.60. The zero-order valence-electron chi connectivity index (χ0n) is 17.0. The van der Waals surface area contributed by atoms with Gasteiger partial charge in [-0.15, -0.1) is 0 Å². The third-order valence-corrected chi connectivity index (χ3v) is 5.18. The minimum atomic E-state index is -4.04. The van der Waals surface area contributed by atoms with Crippen LogP contribution in [-0.4, -0.2) is 33.5 Å². The van der Waals surface area contributed by atoms with Crippen LogP contribution in [0.5, 0.6) is 5.75 Å². The van der Waals surface area contributed by atoms with Crippen molar-refractivity contribution in [2.45, 2.75) is 13.3 Å². The zero-order chi connectivity index (χ0) is 22.9. The monoisotopic (exact) mass is 450 g/mol. The van der Waals surface area contributed by atoms with Gasteiger partial charge in [-0.1, -0.05) is 12.1 Å². The second-order valence-electron chi connectivity index (χ2n) is 7.12. The Morgan fingerprint density at radius 2 is 1.97 bits per heavy atom. The van der Waals surface area contributed by atoms with Gasteiger partial charge in [0.1, 0.15) is 11.3 Å². The van der Waals surface area contributed by atoms with E-state index in [1.807, 2.05) is 0 Å². The number of fused-ring (bicyclic) bond motifs is 1. The normalized spacial score (nSPS) is 11.5. The molecule has 0 aliphatic rings. The average molecular weight is 450 g/mol. The number of ether oxygens (including phenoxy) is 1. The Hall–Kier alpha value is -3.28. The highest BCUT2D eigenvalue weighted by molar-refractivity contribution is 7.82. The van der Waals surface area contributed by atoms with E-state index in [-0.39, 0.29) is 34.6 Å². The molecule has 0 aliphatic carbocycles. The highest BCUT2D eigenvalue weighted by Crippen LogP contribution is 2.26. The second kappa shape index (κ2) is 8.46. The van der Waals surface area contributed by atoms with Crippen LogP contribution in [0, 0.1) is 12.7 Å². The van der Waals surface area contributed by atoms with Gasteiger partial charge in [0, 0.05) is 43.6 Å². The summed E-state index contributed by atoms with van der Waals surface area (Å²) in [5.41, 5.74) is 0.237. The van der Waals surface area contributed by atoms with Gasteiger partial charge < -0.3 is 14.1 Å². The quantitative estimate of drug-likeness (QED) is 0.444. The van der Waals surface area contributed by atoms with Crippen molar-refractivity contribution >= 4 is 33.0 Å². The van der Waals surface area contributed by atoms with Gasteiger partial charge in [-0.2, -0.15) is 18.3 Å². The SMILES string of the molecule is Cc1c(Cc2cccc([NH2+]S(N)(=O)=O)c2F)c(=O)oc2cc(OC(=O)N(C)C)ccc12. The summed E-state index contributed by atoms with van der Waals surface area (Å²) in [7, 11) is -0.964. The molecule has 3 rings (SSSR count). The molecule has 0 spiro atoms. The minimum Gasteiger partial charge on any atom is -0.422 e. The van der Waals surface area contributed by atoms with Crippen molar-refractivity contribution in [1.82, 2.24) is 4.90 Å². The van der Waals surface area contributed by atoms with Crippen LogP contribution >= 0.6 is 0 Å². The molecule has 0 radical (unpaired) electrons. The molecule has 3 aromatic rings. The number of nitrogens with zero attached hydrogens (tertiary/aromatic N) is 1. The van der Waals surface area contributed by atoms with E-state index in [0.29, 0.717) is 15.7 Å². The van der Waals surface area contributed by atoms with Crippen LogP contribution < -0.4 is 20.2 Å². The standard InChI is InChI=1S/C20H20FN3O6S/c1-11-14-8-7-13(29-20(26)24(2)3)10-17(14)30-19(25)15(11)9-12-5-4-6-16(18(12)21)23-31(22,27)28/h4-8,10,23H,9H2,1-3H3,(H2,22,27,28)/p+1. The number of rotatable bonds is 5. The molecule has 1 amide bonds. The molecule has 31 heavy (non-hydrogen) atoms. The van der Waals surface area contributed by atoms with Gasteiger partial charge in [0.15, 0.2) is 11.5 Å². The number of halogens is 1. The fourth-order valence-electron chi connectivity index (χ4n) is 3.03. The fraction of sp³-hybridized carbons (Fsp3) is 0.200. The van der Waals surface area contributed by atoms with Crippen molar-refractivity contribution in [3.63, 3.8) is 0 Å². The van der Waals surface area contributed by atoms with Gasteiger partial charge in [0.25, 0.3) is 0 Å². The maximum atomic E-state index is 14.8. The smallest absolute Gasteiger partial charge is 0.414 e. The van der Waals surface area contributed by atoms with E-state index in [2.05, 4.69) is 0 Å². The third kappa shape index (κ3) is 5.08. The molecule has 0 bridgehead atoms. The zero-order valence-corrected chi connectivity index (χ0v) is 17.8. The molecule has 0 saturated carbocycles. The minimum absolute atomic E-state index is 0.112. The van der Waals surface area contributed by atoms with E-state index in [4.69, 9.17) is 14.3 Å². The van der Waals surface area contributed by atoms with Crippen molar-refractivity contribution in [1.29, 1.82) is 0 Å². The Kier molecular flexibility index (Phi) is 6.11. The van der Waals surface area contributed by atoms with E-state index >= 15 is 0 Å². The van der Waals surface area contributed by atoms with Crippen LogP contribution in [0.2, 0.25) is 0 Å². The van der Waals surface area contributed by atoms with Crippen LogP contribution in [0.25, 0.3) is 11.0 Å². The topological polar surface area (TPSA) is 137 Å². The largest absolute Gasteiger partial charge is 0.422 e. The van der Waals surface area contributed by atoms with E-state index in [0.717, 1.165) is 0 Å². The van der Waals surface area contributed by atoms with E-state index in [1.165, 1.54) is 43.3 Å². The first-order valence-electron chi connectivity index (χ1n) is 9.06. The Balaban J connectivity index is 2.00. The molecule has 1 aromatic heterocycles. The lowest BCUT2D eigenvalue weighted by Gasteiger charge is -2.12. The Morgan fingerprint density at radius 1 is 1.26 bits per heavy atom. The van der Waals surface area contributed by atoms with Gasteiger partial charge in [-0.05, 0) is 30.2 Å². The van der Waals surface area contributed by atoms with E-state index < -0.39 is 27.7 Å². The number of hydrogen-bond donors (Lipinski definition) is 2. The molecule has 2 aromatic carbocycles. The summed E-state index contributed by atoms with van der Waals surface area (Å²) < 4.78 is 48.5. The lowest BCUT2D eigenvalue weighted by Crippen LogP contribution is -2.84. The van der Waals surface area contributed by atoms with Crippen molar-refractivity contribution in [3.05, 3.63) is 69.3 Å². The molecule has 11 heteroatoms. The Labute approximate surface area is 177 Å². The van der Waals surface area contributed by atoms with Crippen LogP contribution in [0.4, 0.5) is 14.9 Å². The maximum Gasteiger partial charge on any atom is 0.414 e. The van der Waals surface area contributed by atoms with E-state index in [1.54, 1.807) is 19.1 Å². The molecule has 164 valence electrons. The summed E-state index contributed by atoms with van der Waals surface area (Å²) in [6.07, 6.45) is -0.693. The number of aryl methyl sites for hydroxylation is 1. The predicted octanol–water partition coefficient (Wildman–Crippen LogP) is 1.29. The number of carbonyl (C=O) groups is 1. The molecule has 9 nitrogen and oxygen atoms in total. The first kappa shape index (κ1) is 22.4. The highest BCUT2D eigenvalue weighted by atomic mass is 32.2. The average Bonchev–Trinajstić information content (AvgIpc) is 2.66. The summed E-state index contributed by atoms with van der Waals surface area (Å²) >= 11 is 0. The Morgan fingerprint density at radius 3 is 2.61 bits per heavy atom. The molecular weight excluding hydrogens is 429 g/mol. The predicted molar refractivity (Wildman–Crippen MR) is 111 cm³/mol. The van der Waals surface area contributed by atoms with Crippen LogP contribution in [0.1, 0.15) is 16.7 Å². The first-order chi connectivity index (χ1) is 14.5. The van der Waals surface area contributed by atoms with Gasteiger partial charge >= 0.3 is 21.9 Å². The summed E-state index contributed by atoms with van der Waals surface area (Å²) in [6, 6.07) is 8.81. The van der Waals surface area contributed by atoms with Gasteiger partial charge in [0.2, 0.25) is 0 Å². The Bertz CT molecular complexity index is 1330. The number of amides is 1. The summed E-state index contributed by atoms with van der Waals surface area (Å²) in [5.74, 6) is -0.583. The fourth-order valence-corrected chi connectivity index (χ4v) is 3.56. The molecule has 0 fully saturated rings. The second-order valence-corrected chi connectivity index (χ2v) is 8.53. The molecule has 0 aliphatic heterocycles. The van der Waals surface area contributed by atoms with Crippen LogP contribution in [-0.2, 0) is 16.6 Å². The van der Waals surface area contributed by atoms with Crippen molar-refractivity contribution < 1.29 is 31.5 Å². The van der Waals surface area contributed by atoms with Crippen LogP contribution in [0.15, 0.2) is 45.6 Å². The summed E-state index contributed by atoms with van der Waals surface area (Å²) in [6.45, 7) is 1.69. The summed E-state index contributed by atoms with van der Waals surface area (Å²) in [5, 5.41) is 5.55. The van der Waals surface area contributed by atoms with Gasteiger partial charge in [-0.25, -0.2) is 14.0 Å². The van der Waals surface area contributed by atoms with Crippen molar-refractivity contribution in [2.24, 2.45) is 5.14 Å². The number of benzene rings is 2. The number of nitrogens with two attached hydrogens (primary N) is 2. The number of hydrogen-bond acceptors (Lipinski definition) is 6. The molecule has 4 N–H and O–H groups in total. The molecular formula is C20H21FN3O6S+. The van der Waals surface area contributed by atoms with Crippen molar-refractivity contribution in [3.8, 4) is 5.75 Å². The molecule has 0 unspecified atom stereocenters. The molecule has 1 heterocycles. The maximum absolute atomic E-state index is 14.8. The van der Waals surface area contributed by atoms with Crippen molar-refractivity contribution in [2.75, 3.05) is 14.1 Å². The lowest BCUT2D eigenvalue weighted by molar-refractivity contribution is -0.400. The van der Waals surface area contributed by atoms with Crippen LogP contribution in [0.3, 0.4) is 0 Å². The van der Waals surface area contributed by atoms with Gasteiger partial charge in [0.05, 0.1) is 0 Å². The number of carbonyl (C=O) groups excluding carboxylic acids is 1. The molecule has 0 atom stereocenters. The number of quaternary nitrogens is 1. The lowest BCUT2D eigenvalue weighted by atomic mass is 9.99. The first-order valence-corrected chi connectivity index (χ1v) is 10.7. The van der Waals surface area contributed by atoms with E-state index in [9.17, 15) is 22.4 Å². The summed E-state index contributed by atoms with van der Waals surface area (Å²) in [4.78, 5) is 25.6. The van der Waals surface area contributed by atoms with Gasteiger partial charge in [-0.3, -0.25) is 0 Å².